The summed E-state index contributed by atoms with van der Waals surface area (Å²) in [5.41, 5.74) is 3.95. The van der Waals surface area contributed by atoms with Gasteiger partial charge in [0.2, 0.25) is 0 Å². The molecule has 0 atom stereocenters. The highest BCUT2D eigenvalue weighted by atomic mass is 32.2. The van der Waals surface area contributed by atoms with Gasteiger partial charge < -0.3 is 4.90 Å². The molecule has 2 aliphatic rings. The van der Waals surface area contributed by atoms with Gasteiger partial charge in [-0.25, -0.2) is 0 Å². The molecule has 1 aliphatic carbocycles. The van der Waals surface area contributed by atoms with Crippen LogP contribution in [0.3, 0.4) is 0 Å². The summed E-state index contributed by atoms with van der Waals surface area (Å²) in [5.74, 6) is 0.820. The third-order valence-corrected chi connectivity index (χ3v) is 7.30. The Labute approximate surface area is 182 Å². The number of rotatable bonds is 3. The summed E-state index contributed by atoms with van der Waals surface area (Å²) in [6.07, 6.45) is 9.93. The zero-order valence-electron chi connectivity index (χ0n) is 18.3. The summed E-state index contributed by atoms with van der Waals surface area (Å²) in [6.45, 7) is 6.77. The van der Waals surface area contributed by atoms with Gasteiger partial charge in [0, 0.05) is 6.04 Å². The number of piperidine rings is 1. The minimum absolute atomic E-state index is 0.0666. The Morgan fingerprint density at radius 2 is 1.47 bits per heavy atom. The molecule has 2 aromatic carbocycles. The highest BCUT2D eigenvalue weighted by Crippen LogP contribution is 2.35. The molecule has 2 fully saturated rings. The summed E-state index contributed by atoms with van der Waals surface area (Å²) in [6, 6.07) is 16.0. The summed E-state index contributed by atoms with van der Waals surface area (Å²) in [5, 5.41) is 0. The molecule has 1 saturated carbocycles. The highest BCUT2D eigenvalue weighted by Gasteiger charge is 2.27. The van der Waals surface area contributed by atoms with Gasteiger partial charge in [0.15, 0.2) is 0 Å². The first-order chi connectivity index (χ1) is 14.3. The van der Waals surface area contributed by atoms with E-state index in [4.69, 9.17) is 4.55 Å². The number of aryl methyl sites for hydroxylation is 2. The van der Waals surface area contributed by atoms with Crippen molar-refractivity contribution in [3.63, 3.8) is 0 Å². The largest absolute Gasteiger partial charge is 0.300 e. The normalized spacial score (nSPS) is 22.8. The van der Waals surface area contributed by atoms with Crippen molar-refractivity contribution in [2.45, 2.75) is 75.6 Å². The van der Waals surface area contributed by atoms with Crippen molar-refractivity contribution in [3.05, 3.63) is 65.2 Å². The summed E-state index contributed by atoms with van der Waals surface area (Å²) in [7, 11) is -4.02. The fraction of sp³-hybridized carbons (Fsp3) is 0.520. The minimum atomic E-state index is -4.02. The third-order valence-electron chi connectivity index (χ3n) is 6.44. The van der Waals surface area contributed by atoms with E-state index in [-0.39, 0.29) is 4.90 Å². The predicted molar refractivity (Wildman–Crippen MR) is 123 cm³/mol. The molecule has 0 amide bonds. The van der Waals surface area contributed by atoms with Gasteiger partial charge >= 0.3 is 0 Å². The van der Waals surface area contributed by atoms with Crippen molar-refractivity contribution in [2.24, 2.45) is 0 Å². The maximum atomic E-state index is 10.5. The molecule has 1 aliphatic heterocycles. The van der Waals surface area contributed by atoms with E-state index in [1.54, 1.807) is 17.7 Å². The van der Waals surface area contributed by atoms with Crippen molar-refractivity contribution in [1.82, 2.24) is 4.90 Å². The fourth-order valence-electron chi connectivity index (χ4n) is 4.69. The Balaban J connectivity index is 0.000000199. The van der Waals surface area contributed by atoms with Gasteiger partial charge in [-0.1, -0.05) is 53.9 Å². The lowest BCUT2D eigenvalue weighted by molar-refractivity contribution is 0.125. The molecule has 1 saturated heterocycles. The van der Waals surface area contributed by atoms with Crippen LogP contribution in [0.25, 0.3) is 0 Å². The molecular weight excluding hydrogens is 394 g/mol. The van der Waals surface area contributed by atoms with Gasteiger partial charge in [-0.2, -0.15) is 8.42 Å². The van der Waals surface area contributed by atoms with Crippen LogP contribution in [0.2, 0.25) is 0 Å². The molecule has 4 rings (SSSR count). The van der Waals surface area contributed by atoms with Crippen LogP contribution < -0.4 is 0 Å². The summed E-state index contributed by atoms with van der Waals surface area (Å²) >= 11 is 0. The Hall–Kier alpha value is -1.69. The minimum Gasteiger partial charge on any atom is -0.300 e. The monoisotopic (exact) mass is 429 g/mol. The van der Waals surface area contributed by atoms with Crippen LogP contribution in [0, 0.1) is 13.8 Å². The molecule has 164 valence electrons. The average molecular weight is 430 g/mol. The van der Waals surface area contributed by atoms with E-state index in [0.717, 1.165) is 17.5 Å². The number of hydrogen-bond donors (Lipinski definition) is 1. The quantitative estimate of drug-likeness (QED) is 0.631. The smallest absolute Gasteiger partial charge is 0.294 e. The van der Waals surface area contributed by atoms with Gasteiger partial charge in [-0.05, 0) is 89.1 Å². The lowest BCUT2D eigenvalue weighted by Crippen LogP contribution is -2.41. The zero-order chi connectivity index (χ0) is 21.6. The number of nitrogens with zero attached hydrogens (tertiary/aromatic N) is 1. The molecule has 5 heteroatoms. The predicted octanol–water partition coefficient (Wildman–Crippen LogP) is 5.75. The first-order valence-corrected chi connectivity index (χ1v) is 12.6. The maximum absolute atomic E-state index is 10.5. The molecular formula is C25H35NO3S. The Kier molecular flexibility index (Phi) is 8.09. The number of likely N-dealkylation sites (tertiary alicyclic amines) is 1. The topological polar surface area (TPSA) is 57.6 Å². The van der Waals surface area contributed by atoms with Crippen molar-refractivity contribution in [3.8, 4) is 0 Å². The Bertz CT molecular complexity index is 894. The first-order valence-electron chi connectivity index (χ1n) is 11.2. The second-order valence-electron chi connectivity index (χ2n) is 8.80. The molecule has 0 radical (unpaired) electrons. The number of hydrogen-bond acceptors (Lipinski definition) is 3. The van der Waals surface area contributed by atoms with Gasteiger partial charge in [-0.15, -0.1) is 0 Å². The Morgan fingerprint density at radius 3 is 2.03 bits per heavy atom. The lowest BCUT2D eigenvalue weighted by atomic mass is 9.80. The Morgan fingerprint density at radius 1 is 0.833 bits per heavy atom. The molecule has 2 aromatic rings. The maximum Gasteiger partial charge on any atom is 0.294 e. The highest BCUT2D eigenvalue weighted by molar-refractivity contribution is 7.85. The van der Waals surface area contributed by atoms with Crippen LogP contribution >= 0.6 is 0 Å². The first kappa shape index (κ1) is 23.0. The molecule has 1 N–H and O–H groups in total. The molecule has 4 nitrogen and oxygen atoms in total. The van der Waals surface area contributed by atoms with E-state index in [2.05, 4.69) is 36.1 Å². The van der Waals surface area contributed by atoms with Crippen LogP contribution in [0.5, 0.6) is 0 Å². The van der Waals surface area contributed by atoms with Crippen molar-refractivity contribution >= 4 is 10.1 Å². The van der Waals surface area contributed by atoms with E-state index in [0.29, 0.717) is 0 Å². The van der Waals surface area contributed by atoms with Crippen LogP contribution in [-0.2, 0) is 10.1 Å². The fourth-order valence-corrected chi connectivity index (χ4v) is 5.17. The van der Waals surface area contributed by atoms with Crippen LogP contribution in [0.4, 0.5) is 0 Å². The number of benzene rings is 2. The molecule has 1 heterocycles. The van der Waals surface area contributed by atoms with Crippen LogP contribution in [0.1, 0.15) is 67.6 Å². The standard InChI is InChI=1S/C18H27N.C7H8O3S/c1-15-6-5-7-17(14-15)16-8-10-18(11-9-16)19-12-3-2-4-13-19;1-6-2-4-7(5-3-6)11(8,9)10/h5-7,14,16,18H,2-4,8-13H2,1H3;2-5H,1H3,(H,8,9,10). The second-order valence-corrected chi connectivity index (χ2v) is 10.2. The van der Waals surface area contributed by atoms with E-state index in [1.165, 1.54) is 75.7 Å². The van der Waals surface area contributed by atoms with Gasteiger partial charge in [0.25, 0.3) is 10.1 Å². The van der Waals surface area contributed by atoms with Gasteiger partial charge in [-0.3, -0.25) is 4.55 Å². The molecule has 0 aromatic heterocycles. The summed E-state index contributed by atoms with van der Waals surface area (Å²) < 4.78 is 29.6. The van der Waals surface area contributed by atoms with E-state index >= 15 is 0 Å². The van der Waals surface area contributed by atoms with Gasteiger partial charge in [0.1, 0.15) is 0 Å². The van der Waals surface area contributed by atoms with Gasteiger partial charge in [0.05, 0.1) is 4.90 Å². The van der Waals surface area contributed by atoms with Crippen molar-refractivity contribution < 1.29 is 13.0 Å². The zero-order valence-corrected chi connectivity index (χ0v) is 19.1. The SMILES string of the molecule is Cc1ccc(S(=O)(=O)O)cc1.Cc1cccc(C2CCC(N3CCCCC3)CC2)c1. The van der Waals surface area contributed by atoms with Crippen molar-refractivity contribution in [1.29, 1.82) is 0 Å². The molecule has 30 heavy (non-hydrogen) atoms. The van der Waals surface area contributed by atoms with Crippen molar-refractivity contribution in [2.75, 3.05) is 13.1 Å². The molecule has 0 bridgehead atoms. The second kappa shape index (κ2) is 10.6. The van der Waals surface area contributed by atoms with E-state index in [1.807, 2.05) is 6.92 Å². The molecule has 0 unspecified atom stereocenters. The average Bonchev–Trinajstić information content (AvgIpc) is 2.75. The molecule has 0 spiro atoms. The van der Waals surface area contributed by atoms with E-state index < -0.39 is 10.1 Å². The van der Waals surface area contributed by atoms with Crippen LogP contribution in [0.15, 0.2) is 53.4 Å². The summed E-state index contributed by atoms with van der Waals surface area (Å²) in [4.78, 5) is 2.71. The van der Waals surface area contributed by atoms with E-state index in [9.17, 15) is 8.42 Å². The van der Waals surface area contributed by atoms with Crippen LogP contribution in [-0.4, -0.2) is 37.0 Å². The third kappa shape index (κ3) is 6.66. The lowest BCUT2D eigenvalue weighted by Gasteiger charge is -2.39.